The molecule has 0 aliphatic rings. The Morgan fingerprint density at radius 1 is 1.17 bits per heavy atom. The lowest BCUT2D eigenvalue weighted by Gasteiger charge is -2.20. The van der Waals surface area contributed by atoms with Crippen LogP contribution in [0.3, 0.4) is 0 Å². The standard InChI is InChI=1S/C15H18FNS/c1-10-7-8-18-15(10)12(3)17-11(2)13-5-4-6-14(16)9-13/h4-9,11-12,17H,1-3H3/t11-,12?/m1/s1. The Bertz CT molecular complexity index is 521. The Labute approximate surface area is 112 Å². The maximum absolute atomic E-state index is 13.2. The van der Waals surface area contributed by atoms with E-state index >= 15 is 0 Å². The van der Waals surface area contributed by atoms with Crippen molar-refractivity contribution >= 4 is 11.3 Å². The second-order valence-corrected chi connectivity index (χ2v) is 5.58. The molecule has 0 aliphatic carbocycles. The van der Waals surface area contributed by atoms with Gasteiger partial charge in [0.2, 0.25) is 0 Å². The van der Waals surface area contributed by atoms with Gasteiger partial charge in [-0.15, -0.1) is 11.3 Å². The number of halogens is 1. The van der Waals surface area contributed by atoms with Crippen molar-refractivity contribution in [3.05, 3.63) is 57.5 Å². The van der Waals surface area contributed by atoms with Crippen molar-refractivity contribution < 1.29 is 4.39 Å². The van der Waals surface area contributed by atoms with Crippen LogP contribution in [0.25, 0.3) is 0 Å². The number of hydrogen-bond donors (Lipinski definition) is 1. The fourth-order valence-corrected chi connectivity index (χ4v) is 3.10. The molecule has 1 N–H and O–H groups in total. The SMILES string of the molecule is Cc1ccsc1C(C)N[C@H](C)c1cccc(F)c1. The lowest BCUT2D eigenvalue weighted by atomic mass is 10.1. The Morgan fingerprint density at radius 2 is 1.94 bits per heavy atom. The number of thiophene rings is 1. The van der Waals surface area contributed by atoms with Gasteiger partial charge >= 0.3 is 0 Å². The number of aryl methyl sites for hydroxylation is 1. The van der Waals surface area contributed by atoms with Crippen molar-refractivity contribution in [1.82, 2.24) is 5.32 Å². The molecule has 1 nitrogen and oxygen atoms in total. The smallest absolute Gasteiger partial charge is 0.123 e. The van der Waals surface area contributed by atoms with E-state index in [0.29, 0.717) is 0 Å². The van der Waals surface area contributed by atoms with Crippen LogP contribution in [0.15, 0.2) is 35.7 Å². The number of rotatable bonds is 4. The first-order valence-corrected chi connectivity index (χ1v) is 7.01. The predicted octanol–water partition coefficient (Wildman–Crippen LogP) is 4.61. The van der Waals surface area contributed by atoms with Gasteiger partial charge in [0.1, 0.15) is 5.82 Å². The zero-order valence-electron chi connectivity index (χ0n) is 10.9. The second-order valence-electron chi connectivity index (χ2n) is 4.63. The Balaban J connectivity index is 2.08. The van der Waals surface area contributed by atoms with E-state index in [0.717, 1.165) is 5.56 Å². The van der Waals surface area contributed by atoms with Gasteiger partial charge in [0.15, 0.2) is 0 Å². The first-order valence-electron chi connectivity index (χ1n) is 6.13. The highest BCUT2D eigenvalue weighted by molar-refractivity contribution is 7.10. The van der Waals surface area contributed by atoms with Gasteiger partial charge in [0.25, 0.3) is 0 Å². The van der Waals surface area contributed by atoms with Gasteiger partial charge < -0.3 is 5.32 Å². The van der Waals surface area contributed by atoms with E-state index in [1.807, 2.05) is 6.07 Å². The molecule has 96 valence electrons. The molecule has 0 radical (unpaired) electrons. The predicted molar refractivity (Wildman–Crippen MR) is 75.4 cm³/mol. The van der Waals surface area contributed by atoms with Gasteiger partial charge in [-0.25, -0.2) is 4.39 Å². The molecule has 0 amide bonds. The molecule has 1 heterocycles. The molecule has 0 spiro atoms. The highest BCUT2D eigenvalue weighted by Gasteiger charge is 2.14. The second kappa shape index (κ2) is 5.63. The Hall–Kier alpha value is -1.19. The summed E-state index contributed by atoms with van der Waals surface area (Å²) < 4.78 is 13.2. The summed E-state index contributed by atoms with van der Waals surface area (Å²) in [6.45, 7) is 6.33. The fourth-order valence-electron chi connectivity index (χ4n) is 2.15. The normalized spacial score (nSPS) is 14.4. The van der Waals surface area contributed by atoms with E-state index < -0.39 is 0 Å². The number of nitrogens with one attached hydrogen (secondary N) is 1. The first kappa shape index (κ1) is 13.2. The summed E-state index contributed by atoms with van der Waals surface area (Å²) >= 11 is 1.76. The third-order valence-corrected chi connectivity index (χ3v) is 4.35. The molecule has 3 heteroatoms. The summed E-state index contributed by atoms with van der Waals surface area (Å²) in [4.78, 5) is 1.35. The average molecular weight is 263 g/mol. The lowest BCUT2D eigenvalue weighted by Crippen LogP contribution is -2.22. The monoisotopic (exact) mass is 263 g/mol. The minimum atomic E-state index is -0.180. The van der Waals surface area contributed by atoms with Gasteiger partial charge in [-0.05, 0) is 55.5 Å². The van der Waals surface area contributed by atoms with Crippen LogP contribution in [-0.2, 0) is 0 Å². The quantitative estimate of drug-likeness (QED) is 0.849. The molecule has 1 aromatic carbocycles. The maximum atomic E-state index is 13.2. The van der Waals surface area contributed by atoms with Crippen molar-refractivity contribution in [2.45, 2.75) is 32.9 Å². The average Bonchev–Trinajstić information content (AvgIpc) is 2.75. The molecule has 0 fully saturated rings. The molecule has 1 unspecified atom stereocenters. The van der Waals surface area contributed by atoms with E-state index in [9.17, 15) is 4.39 Å². The van der Waals surface area contributed by atoms with E-state index in [-0.39, 0.29) is 17.9 Å². The van der Waals surface area contributed by atoms with E-state index in [2.05, 4.69) is 37.5 Å². The molecule has 2 atom stereocenters. The van der Waals surface area contributed by atoms with Crippen LogP contribution < -0.4 is 5.32 Å². The van der Waals surface area contributed by atoms with Crippen LogP contribution in [0.4, 0.5) is 4.39 Å². The van der Waals surface area contributed by atoms with Gasteiger partial charge in [-0.2, -0.15) is 0 Å². The minimum absolute atomic E-state index is 0.136. The zero-order valence-corrected chi connectivity index (χ0v) is 11.7. The van der Waals surface area contributed by atoms with E-state index in [1.165, 1.54) is 16.5 Å². The summed E-state index contributed by atoms with van der Waals surface area (Å²) in [5, 5.41) is 5.62. The summed E-state index contributed by atoms with van der Waals surface area (Å²) in [6.07, 6.45) is 0. The van der Waals surface area contributed by atoms with Gasteiger partial charge in [0.05, 0.1) is 0 Å². The van der Waals surface area contributed by atoms with Crippen LogP contribution in [-0.4, -0.2) is 0 Å². The molecule has 0 aliphatic heterocycles. The van der Waals surface area contributed by atoms with Crippen molar-refractivity contribution in [1.29, 1.82) is 0 Å². The van der Waals surface area contributed by atoms with Gasteiger partial charge in [-0.1, -0.05) is 12.1 Å². The van der Waals surface area contributed by atoms with Crippen LogP contribution >= 0.6 is 11.3 Å². The Kier molecular flexibility index (Phi) is 4.15. The van der Waals surface area contributed by atoms with Crippen molar-refractivity contribution in [3.8, 4) is 0 Å². The third kappa shape index (κ3) is 2.98. The summed E-state index contributed by atoms with van der Waals surface area (Å²) in [5.41, 5.74) is 2.29. The van der Waals surface area contributed by atoms with Crippen LogP contribution in [0.1, 0.15) is 41.9 Å². The third-order valence-electron chi connectivity index (χ3n) is 3.14. The van der Waals surface area contributed by atoms with Crippen molar-refractivity contribution in [2.75, 3.05) is 0 Å². The summed E-state index contributed by atoms with van der Waals surface area (Å²) in [5.74, 6) is -0.180. The first-order chi connectivity index (χ1) is 8.58. The molecule has 0 saturated heterocycles. The molecule has 2 rings (SSSR count). The number of hydrogen-bond acceptors (Lipinski definition) is 2. The highest BCUT2D eigenvalue weighted by Crippen LogP contribution is 2.26. The van der Waals surface area contributed by atoms with Crippen LogP contribution in [0.5, 0.6) is 0 Å². The summed E-state index contributed by atoms with van der Waals surface area (Å²) in [7, 11) is 0. The molecule has 18 heavy (non-hydrogen) atoms. The molecule has 1 aromatic heterocycles. The van der Waals surface area contributed by atoms with E-state index in [4.69, 9.17) is 0 Å². The molecular formula is C15H18FNS. The molecule has 0 saturated carbocycles. The number of benzene rings is 1. The lowest BCUT2D eigenvalue weighted by molar-refractivity contribution is 0.496. The van der Waals surface area contributed by atoms with Crippen molar-refractivity contribution in [2.24, 2.45) is 0 Å². The minimum Gasteiger partial charge on any atom is -0.303 e. The fraction of sp³-hybridized carbons (Fsp3) is 0.333. The molecular weight excluding hydrogens is 245 g/mol. The zero-order chi connectivity index (χ0) is 13.1. The summed E-state index contributed by atoms with van der Waals surface area (Å²) in [6, 6.07) is 9.32. The van der Waals surface area contributed by atoms with Gasteiger partial charge in [0, 0.05) is 17.0 Å². The molecule has 0 bridgehead atoms. The highest BCUT2D eigenvalue weighted by atomic mass is 32.1. The van der Waals surface area contributed by atoms with Crippen LogP contribution in [0, 0.1) is 12.7 Å². The topological polar surface area (TPSA) is 12.0 Å². The molecule has 2 aromatic rings. The maximum Gasteiger partial charge on any atom is 0.123 e. The van der Waals surface area contributed by atoms with Gasteiger partial charge in [-0.3, -0.25) is 0 Å². The van der Waals surface area contributed by atoms with Crippen LogP contribution in [0.2, 0.25) is 0 Å². The van der Waals surface area contributed by atoms with Crippen molar-refractivity contribution in [3.63, 3.8) is 0 Å². The largest absolute Gasteiger partial charge is 0.303 e. The Morgan fingerprint density at radius 3 is 2.56 bits per heavy atom. The van der Waals surface area contributed by atoms with E-state index in [1.54, 1.807) is 23.5 Å².